The first-order chi connectivity index (χ1) is 16.7. The van der Waals surface area contributed by atoms with Crippen LogP contribution >= 0.6 is 0 Å². The molecule has 7 heteroatoms. The fourth-order valence-electron chi connectivity index (χ4n) is 4.43. The molecule has 0 saturated carbocycles. The summed E-state index contributed by atoms with van der Waals surface area (Å²) in [5.74, 6) is -0.810. The highest BCUT2D eigenvalue weighted by molar-refractivity contribution is 5.80. The van der Waals surface area contributed by atoms with Gasteiger partial charge in [0.05, 0.1) is 19.4 Å². The van der Waals surface area contributed by atoms with Crippen LogP contribution in [0.25, 0.3) is 11.0 Å². The van der Waals surface area contributed by atoms with Crippen molar-refractivity contribution in [2.75, 3.05) is 25.1 Å². The fraction of sp³-hybridized carbons (Fsp3) is 0.429. The number of pyridine rings is 2. The Bertz CT molecular complexity index is 1180. The van der Waals surface area contributed by atoms with Crippen molar-refractivity contribution in [3.8, 4) is 0 Å². The smallest absolute Gasteiger partial charge is 0.309 e. The number of carbonyl (C=O) groups excluding carboxylic acids is 2. The topological polar surface area (TPSA) is 81.6 Å². The minimum absolute atomic E-state index is 0.00216. The van der Waals surface area contributed by atoms with Crippen molar-refractivity contribution in [1.82, 2.24) is 9.97 Å². The summed E-state index contributed by atoms with van der Waals surface area (Å²) in [6.07, 6.45) is 3.14. The van der Waals surface area contributed by atoms with Gasteiger partial charge in [-0.05, 0) is 81.5 Å². The normalized spacial score (nSPS) is 14.9. The average Bonchev–Trinajstić information content (AvgIpc) is 2.79. The van der Waals surface area contributed by atoms with Crippen LogP contribution in [0.3, 0.4) is 0 Å². The maximum Gasteiger partial charge on any atom is 0.309 e. The predicted octanol–water partition coefficient (Wildman–Crippen LogP) is 4.37. The van der Waals surface area contributed by atoms with Crippen molar-refractivity contribution in [2.45, 2.75) is 45.6 Å². The van der Waals surface area contributed by atoms with Gasteiger partial charge in [-0.15, -0.1) is 0 Å². The third-order valence-electron chi connectivity index (χ3n) is 6.13. The number of hydrogen-bond donors (Lipinski definition) is 0. The Kier molecular flexibility index (Phi) is 7.34. The first kappa shape index (κ1) is 24.6. The number of hydrogen-bond acceptors (Lipinski definition) is 7. The van der Waals surface area contributed by atoms with Crippen molar-refractivity contribution in [3.05, 3.63) is 66.0 Å². The number of fused-ring (bicyclic) bond motifs is 1. The highest BCUT2D eigenvalue weighted by Crippen LogP contribution is 2.28. The van der Waals surface area contributed by atoms with Gasteiger partial charge in [0.25, 0.3) is 0 Å². The molecule has 7 nitrogen and oxygen atoms in total. The van der Waals surface area contributed by atoms with Gasteiger partial charge in [-0.1, -0.05) is 12.1 Å². The second-order valence-corrected chi connectivity index (χ2v) is 10.2. The lowest BCUT2D eigenvalue weighted by Gasteiger charge is -2.41. The number of rotatable bonds is 8. The molecule has 4 rings (SSSR count). The molecule has 1 aliphatic rings. The van der Waals surface area contributed by atoms with E-state index < -0.39 is 23.5 Å². The predicted molar refractivity (Wildman–Crippen MR) is 135 cm³/mol. The summed E-state index contributed by atoms with van der Waals surface area (Å²) in [7, 11) is 1.35. The van der Waals surface area contributed by atoms with Crippen LogP contribution < -0.4 is 4.90 Å². The molecular weight excluding hydrogens is 442 g/mol. The molecule has 0 unspecified atom stereocenters. The van der Waals surface area contributed by atoms with Gasteiger partial charge in [0, 0.05) is 36.1 Å². The van der Waals surface area contributed by atoms with Crippen molar-refractivity contribution < 1.29 is 19.1 Å². The maximum absolute atomic E-state index is 12.3. The lowest BCUT2D eigenvalue weighted by molar-refractivity contribution is -0.160. The van der Waals surface area contributed by atoms with Crippen molar-refractivity contribution in [2.24, 2.45) is 11.8 Å². The highest BCUT2D eigenvalue weighted by Gasteiger charge is 2.29. The van der Waals surface area contributed by atoms with Gasteiger partial charge >= 0.3 is 11.9 Å². The summed E-state index contributed by atoms with van der Waals surface area (Å²) in [4.78, 5) is 35.9. The lowest BCUT2D eigenvalue weighted by Crippen LogP contribution is -2.47. The molecule has 35 heavy (non-hydrogen) atoms. The van der Waals surface area contributed by atoms with Crippen molar-refractivity contribution in [3.63, 3.8) is 0 Å². The van der Waals surface area contributed by atoms with Crippen LogP contribution in [-0.4, -0.2) is 47.7 Å². The van der Waals surface area contributed by atoms with Gasteiger partial charge < -0.3 is 14.4 Å². The molecule has 1 saturated heterocycles. The summed E-state index contributed by atoms with van der Waals surface area (Å²) in [6, 6.07) is 16.3. The summed E-state index contributed by atoms with van der Waals surface area (Å²) in [5.41, 5.74) is 3.43. The molecule has 0 amide bonds. The van der Waals surface area contributed by atoms with Gasteiger partial charge in [0.2, 0.25) is 0 Å². The van der Waals surface area contributed by atoms with E-state index >= 15 is 0 Å². The van der Waals surface area contributed by atoms with E-state index in [-0.39, 0.29) is 6.42 Å². The number of ether oxygens (including phenoxy) is 2. The number of carbonyl (C=O) groups is 2. The molecular formula is C28H33N3O4. The molecule has 1 aromatic carbocycles. The summed E-state index contributed by atoms with van der Waals surface area (Å²) < 4.78 is 10.3. The second-order valence-electron chi connectivity index (χ2n) is 10.2. The number of methoxy groups -OCH3 is 1. The summed E-state index contributed by atoms with van der Waals surface area (Å²) in [6.45, 7) is 7.39. The van der Waals surface area contributed by atoms with E-state index in [4.69, 9.17) is 14.5 Å². The van der Waals surface area contributed by atoms with E-state index in [1.807, 2.05) is 45.0 Å². The zero-order valence-electron chi connectivity index (χ0n) is 20.9. The van der Waals surface area contributed by atoms with Gasteiger partial charge in [-0.2, -0.15) is 0 Å². The Labute approximate surface area is 206 Å². The first-order valence-corrected chi connectivity index (χ1v) is 12.0. The van der Waals surface area contributed by atoms with E-state index in [0.29, 0.717) is 12.3 Å². The van der Waals surface area contributed by atoms with Gasteiger partial charge in [0.1, 0.15) is 5.60 Å². The molecule has 3 aromatic rings. The van der Waals surface area contributed by atoms with E-state index in [9.17, 15) is 9.59 Å². The van der Waals surface area contributed by atoms with Crippen LogP contribution in [0.2, 0.25) is 0 Å². The Morgan fingerprint density at radius 2 is 1.83 bits per heavy atom. The number of aromatic nitrogens is 2. The minimum Gasteiger partial charge on any atom is -0.469 e. The molecule has 1 aliphatic heterocycles. The van der Waals surface area contributed by atoms with Crippen LogP contribution in [-0.2, 0) is 31.9 Å². The third-order valence-corrected chi connectivity index (χ3v) is 6.13. The van der Waals surface area contributed by atoms with Gasteiger partial charge in [0.15, 0.2) is 5.65 Å². The van der Waals surface area contributed by atoms with Crippen LogP contribution in [0.5, 0.6) is 0 Å². The van der Waals surface area contributed by atoms with Crippen LogP contribution in [0, 0.1) is 11.8 Å². The molecule has 1 fully saturated rings. The number of benzene rings is 1. The zero-order chi connectivity index (χ0) is 25.0. The SMILES string of the molecule is COC(=O)[C@@H](CC(=O)OC(C)(C)C)Cc1ccc(N2CC(Cc3ccc4cccnc4n3)C2)cc1. The number of anilines is 1. The third kappa shape index (κ3) is 6.56. The van der Waals surface area contributed by atoms with E-state index in [2.05, 4.69) is 34.1 Å². The minimum atomic E-state index is -0.588. The Balaban J connectivity index is 1.31. The average molecular weight is 476 g/mol. The van der Waals surface area contributed by atoms with Crippen LogP contribution in [0.1, 0.15) is 38.4 Å². The molecule has 0 radical (unpaired) electrons. The molecule has 0 bridgehead atoms. The van der Waals surface area contributed by atoms with Crippen molar-refractivity contribution in [1.29, 1.82) is 0 Å². The highest BCUT2D eigenvalue weighted by atomic mass is 16.6. The van der Waals surface area contributed by atoms with Gasteiger partial charge in [-0.3, -0.25) is 9.59 Å². The Morgan fingerprint density at radius 1 is 1.09 bits per heavy atom. The number of nitrogens with zero attached hydrogens (tertiary/aromatic N) is 3. The van der Waals surface area contributed by atoms with Crippen LogP contribution in [0.15, 0.2) is 54.7 Å². The Hall–Kier alpha value is -3.48. The molecule has 184 valence electrons. The first-order valence-electron chi connectivity index (χ1n) is 12.0. The molecule has 3 heterocycles. The van der Waals surface area contributed by atoms with Gasteiger partial charge in [-0.25, -0.2) is 9.97 Å². The molecule has 0 spiro atoms. The number of esters is 2. The monoisotopic (exact) mass is 475 g/mol. The molecule has 0 N–H and O–H groups in total. The standard InChI is InChI=1S/C28H33N3O4/c1-28(2,3)35-25(32)16-22(27(33)34-4)14-19-7-11-24(12-8-19)31-17-20(18-31)15-23-10-9-21-6-5-13-29-26(21)30-23/h5-13,20,22H,14-18H2,1-4H3/t22-/m1/s1. The largest absolute Gasteiger partial charge is 0.469 e. The zero-order valence-corrected chi connectivity index (χ0v) is 20.9. The molecule has 0 aliphatic carbocycles. The fourth-order valence-corrected chi connectivity index (χ4v) is 4.43. The molecule has 1 atom stereocenters. The van der Waals surface area contributed by atoms with E-state index in [1.165, 1.54) is 7.11 Å². The molecule has 2 aromatic heterocycles. The second kappa shape index (κ2) is 10.4. The van der Waals surface area contributed by atoms with E-state index in [1.54, 1.807) is 6.20 Å². The Morgan fingerprint density at radius 3 is 2.51 bits per heavy atom. The van der Waals surface area contributed by atoms with Crippen LogP contribution in [0.4, 0.5) is 5.69 Å². The van der Waals surface area contributed by atoms with E-state index in [0.717, 1.165) is 47.5 Å². The maximum atomic E-state index is 12.3. The quantitative estimate of drug-likeness (QED) is 0.448. The van der Waals surface area contributed by atoms with Crippen molar-refractivity contribution >= 4 is 28.7 Å². The lowest BCUT2D eigenvalue weighted by atomic mass is 9.92. The summed E-state index contributed by atoms with van der Waals surface area (Å²) in [5, 5.41) is 1.06. The summed E-state index contributed by atoms with van der Waals surface area (Å²) >= 11 is 0.